The highest BCUT2D eigenvalue weighted by Crippen LogP contribution is 2.17. The molecule has 0 aliphatic heterocycles. The average molecular weight is 339 g/mol. The van der Waals surface area contributed by atoms with E-state index in [1.165, 1.54) is 5.56 Å². The normalized spacial score (nSPS) is 11.3. The minimum Gasteiger partial charge on any atom is -0.408 e. The molecule has 0 fully saturated rings. The highest BCUT2D eigenvalue weighted by Gasteiger charge is 2.09. The van der Waals surface area contributed by atoms with Gasteiger partial charge in [-0.05, 0) is 36.9 Å². The first-order chi connectivity index (χ1) is 12.2. The maximum atomic E-state index is 12.0. The highest BCUT2D eigenvalue weighted by atomic mass is 16.4. The third-order valence-electron chi connectivity index (χ3n) is 4.53. The molecule has 5 heteroatoms. The van der Waals surface area contributed by atoms with E-state index in [4.69, 9.17) is 4.42 Å². The van der Waals surface area contributed by atoms with E-state index in [1.54, 1.807) is 4.57 Å². The molecule has 1 heterocycles. The summed E-state index contributed by atoms with van der Waals surface area (Å²) in [5.41, 5.74) is 3.87. The number of hydrogen-bond donors (Lipinski definition) is 1. The van der Waals surface area contributed by atoms with Crippen molar-refractivity contribution >= 4 is 16.8 Å². The van der Waals surface area contributed by atoms with Crippen LogP contribution < -0.4 is 11.1 Å². The standard InChI is InChI=1S/C20H25N3O2/c1-3-22(4-2)15-16-9-5-6-10-17(16)21-13-14-23-18-11-7-8-12-19(18)25-20(23)24/h5-12,21H,3-4,13-15H2,1-2H3. The molecule has 0 amide bonds. The quantitative estimate of drug-likeness (QED) is 0.682. The van der Waals surface area contributed by atoms with Crippen LogP contribution in [0, 0.1) is 0 Å². The Kier molecular flexibility index (Phi) is 5.56. The van der Waals surface area contributed by atoms with Gasteiger partial charge in [0.15, 0.2) is 5.58 Å². The van der Waals surface area contributed by atoms with Crippen LogP contribution in [0.5, 0.6) is 0 Å². The first-order valence-electron chi connectivity index (χ1n) is 8.85. The van der Waals surface area contributed by atoms with Crippen LogP contribution in [0.25, 0.3) is 11.1 Å². The van der Waals surface area contributed by atoms with Crippen molar-refractivity contribution < 1.29 is 4.42 Å². The molecule has 1 aromatic heterocycles. The zero-order valence-corrected chi connectivity index (χ0v) is 14.9. The summed E-state index contributed by atoms with van der Waals surface area (Å²) in [7, 11) is 0. The molecule has 1 N–H and O–H groups in total. The molecule has 0 bridgehead atoms. The lowest BCUT2D eigenvalue weighted by Crippen LogP contribution is -2.23. The van der Waals surface area contributed by atoms with Gasteiger partial charge in [-0.25, -0.2) is 4.79 Å². The van der Waals surface area contributed by atoms with Crippen molar-refractivity contribution in [2.24, 2.45) is 0 Å². The van der Waals surface area contributed by atoms with Gasteiger partial charge in [-0.15, -0.1) is 0 Å². The van der Waals surface area contributed by atoms with Gasteiger partial charge in [-0.3, -0.25) is 9.47 Å². The lowest BCUT2D eigenvalue weighted by Gasteiger charge is -2.20. The van der Waals surface area contributed by atoms with E-state index >= 15 is 0 Å². The summed E-state index contributed by atoms with van der Waals surface area (Å²) in [5.74, 6) is -0.306. The van der Waals surface area contributed by atoms with Gasteiger partial charge in [-0.2, -0.15) is 0 Å². The van der Waals surface area contributed by atoms with Crippen LogP contribution in [0.3, 0.4) is 0 Å². The monoisotopic (exact) mass is 339 g/mol. The fraction of sp³-hybridized carbons (Fsp3) is 0.350. The van der Waals surface area contributed by atoms with E-state index < -0.39 is 0 Å². The second kappa shape index (κ2) is 8.03. The number of rotatable bonds is 8. The molecule has 132 valence electrons. The summed E-state index contributed by atoms with van der Waals surface area (Å²) in [6.45, 7) is 8.56. The molecule has 0 aliphatic rings. The number of fused-ring (bicyclic) bond motifs is 1. The lowest BCUT2D eigenvalue weighted by molar-refractivity contribution is 0.296. The van der Waals surface area contributed by atoms with Gasteiger partial charge in [0.1, 0.15) is 0 Å². The van der Waals surface area contributed by atoms with Crippen LogP contribution in [0.15, 0.2) is 57.7 Å². The van der Waals surface area contributed by atoms with Crippen molar-refractivity contribution in [2.45, 2.75) is 26.9 Å². The Morgan fingerprint density at radius 3 is 2.56 bits per heavy atom. The number of hydrogen-bond acceptors (Lipinski definition) is 4. The van der Waals surface area contributed by atoms with Gasteiger partial charge in [-0.1, -0.05) is 44.2 Å². The number of nitrogens with one attached hydrogen (secondary N) is 1. The van der Waals surface area contributed by atoms with E-state index in [0.717, 1.165) is 30.8 Å². The molecule has 25 heavy (non-hydrogen) atoms. The number of aromatic nitrogens is 1. The summed E-state index contributed by atoms with van der Waals surface area (Å²) >= 11 is 0. The maximum Gasteiger partial charge on any atom is 0.420 e. The largest absolute Gasteiger partial charge is 0.420 e. The van der Waals surface area contributed by atoms with Crippen LogP contribution in [0.1, 0.15) is 19.4 Å². The summed E-state index contributed by atoms with van der Waals surface area (Å²) in [5, 5.41) is 3.47. The van der Waals surface area contributed by atoms with Crippen LogP contribution in [-0.2, 0) is 13.1 Å². The van der Waals surface area contributed by atoms with E-state index in [-0.39, 0.29) is 5.76 Å². The van der Waals surface area contributed by atoms with Crippen LogP contribution in [0.2, 0.25) is 0 Å². The first-order valence-corrected chi connectivity index (χ1v) is 8.85. The van der Waals surface area contributed by atoms with E-state index in [2.05, 4.69) is 42.3 Å². The van der Waals surface area contributed by atoms with E-state index in [0.29, 0.717) is 18.7 Å². The van der Waals surface area contributed by atoms with Crippen molar-refractivity contribution in [1.82, 2.24) is 9.47 Å². The minimum absolute atomic E-state index is 0.306. The molecule has 2 aromatic carbocycles. The van der Waals surface area contributed by atoms with Crippen molar-refractivity contribution in [2.75, 3.05) is 25.0 Å². The minimum atomic E-state index is -0.306. The van der Waals surface area contributed by atoms with Gasteiger partial charge < -0.3 is 9.73 Å². The van der Waals surface area contributed by atoms with Gasteiger partial charge >= 0.3 is 5.76 Å². The lowest BCUT2D eigenvalue weighted by atomic mass is 10.1. The predicted molar refractivity (Wildman–Crippen MR) is 102 cm³/mol. The summed E-state index contributed by atoms with van der Waals surface area (Å²) in [4.78, 5) is 14.4. The van der Waals surface area contributed by atoms with Crippen molar-refractivity contribution in [1.29, 1.82) is 0 Å². The Labute approximate surface area is 147 Å². The van der Waals surface area contributed by atoms with Gasteiger partial charge in [0.25, 0.3) is 0 Å². The number of benzene rings is 2. The van der Waals surface area contributed by atoms with E-state index in [9.17, 15) is 4.79 Å². The van der Waals surface area contributed by atoms with Crippen molar-refractivity contribution in [3.8, 4) is 0 Å². The SMILES string of the molecule is CCN(CC)Cc1ccccc1NCCn1c(=O)oc2ccccc21. The smallest absolute Gasteiger partial charge is 0.408 e. The average Bonchev–Trinajstić information content (AvgIpc) is 2.96. The molecule has 0 aliphatic carbocycles. The van der Waals surface area contributed by atoms with Crippen LogP contribution in [-0.4, -0.2) is 29.1 Å². The summed E-state index contributed by atoms with van der Waals surface area (Å²) in [6.07, 6.45) is 0. The highest BCUT2D eigenvalue weighted by molar-refractivity contribution is 5.72. The van der Waals surface area contributed by atoms with Crippen molar-refractivity contribution in [3.63, 3.8) is 0 Å². The molecule has 3 rings (SSSR count). The third-order valence-corrected chi connectivity index (χ3v) is 4.53. The Morgan fingerprint density at radius 1 is 1.04 bits per heavy atom. The van der Waals surface area contributed by atoms with Crippen LogP contribution in [0.4, 0.5) is 5.69 Å². The molecule has 0 saturated heterocycles. The number of oxazole rings is 1. The Morgan fingerprint density at radius 2 is 1.76 bits per heavy atom. The Bertz CT molecular complexity index is 878. The fourth-order valence-corrected chi connectivity index (χ4v) is 3.05. The molecule has 0 atom stereocenters. The second-order valence-corrected chi connectivity index (χ2v) is 6.03. The molecule has 0 unspecified atom stereocenters. The van der Waals surface area contributed by atoms with Crippen LogP contribution >= 0.6 is 0 Å². The molecular weight excluding hydrogens is 314 g/mol. The Hall–Kier alpha value is -2.53. The number of nitrogens with zero attached hydrogens (tertiary/aromatic N) is 2. The number of para-hydroxylation sites is 3. The van der Waals surface area contributed by atoms with Gasteiger partial charge in [0, 0.05) is 25.3 Å². The first kappa shape index (κ1) is 17.3. The zero-order valence-electron chi connectivity index (χ0n) is 14.9. The Balaban J connectivity index is 1.70. The summed E-state index contributed by atoms with van der Waals surface area (Å²) < 4.78 is 6.96. The molecule has 0 radical (unpaired) electrons. The van der Waals surface area contributed by atoms with Gasteiger partial charge in [0.05, 0.1) is 5.52 Å². The molecule has 5 nitrogen and oxygen atoms in total. The zero-order chi connectivity index (χ0) is 17.6. The summed E-state index contributed by atoms with van der Waals surface area (Å²) in [6, 6.07) is 15.9. The topological polar surface area (TPSA) is 50.4 Å². The fourth-order valence-electron chi connectivity index (χ4n) is 3.05. The molecule has 0 saturated carbocycles. The predicted octanol–water partition coefficient (Wildman–Crippen LogP) is 3.55. The molecular formula is C20H25N3O2. The van der Waals surface area contributed by atoms with E-state index in [1.807, 2.05) is 30.3 Å². The second-order valence-electron chi connectivity index (χ2n) is 6.03. The molecule has 3 aromatic rings. The molecule has 0 spiro atoms. The number of anilines is 1. The van der Waals surface area contributed by atoms with Crippen molar-refractivity contribution in [3.05, 3.63) is 64.6 Å². The third kappa shape index (κ3) is 3.94. The van der Waals surface area contributed by atoms with Gasteiger partial charge in [0.2, 0.25) is 0 Å². The maximum absolute atomic E-state index is 12.0.